The summed E-state index contributed by atoms with van der Waals surface area (Å²) in [5.41, 5.74) is 5.07. The van der Waals surface area contributed by atoms with Crippen LogP contribution in [0, 0.1) is 0 Å². The third-order valence-electron chi connectivity index (χ3n) is 1.12. The zero-order valence-electron chi connectivity index (χ0n) is 5.82. The molecular weight excluding hydrogens is 124 g/mol. The largest absolute Gasteiger partial charge is 0.327 e. The van der Waals surface area contributed by atoms with Crippen LogP contribution in [-0.2, 0) is 0 Å². The van der Waals surface area contributed by atoms with Crippen LogP contribution in [0.4, 0.5) is 8.78 Å². The van der Waals surface area contributed by atoms with Crippen LogP contribution in [0.2, 0.25) is 0 Å². The summed E-state index contributed by atoms with van der Waals surface area (Å²) in [4.78, 5) is 0. The Morgan fingerprint density at radius 2 is 1.67 bits per heavy atom. The molecule has 1 fully saturated rings. The molecular formula is C6H13F2N. The minimum absolute atomic E-state index is 0.118. The molecule has 0 bridgehead atoms. The maximum Gasteiger partial charge on any atom is 0.251 e. The van der Waals surface area contributed by atoms with Gasteiger partial charge in [0.15, 0.2) is 0 Å². The summed E-state index contributed by atoms with van der Waals surface area (Å²) < 4.78 is 23.4. The van der Waals surface area contributed by atoms with Gasteiger partial charge >= 0.3 is 0 Å². The Labute approximate surface area is 54.2 Å². The molecule has 0 heterocycles. The summed E-state index contributed by atoms with van der Waals surface area (Å²) in [7, 11) is 0. The minimum Gasteiger partial charge on any atom is -0.327 e. The summed E-state index contributed by atoms with van der Waals surface area (Å²) in [5.74, 6) is -2.43. The summed E-state index contributed by atoms with van der Waals surface area (Å²) >= 11 is 0. The van der Waals surface area contributed by atoms with Gasteiger partial charge in [0.2, 0.25) is 0 Å². The van der Waals surface area contributed by atoms with Gasteiger partial charge in [-0.2, -0.15) is 0 Å². The van der Waals surface area contributed by atoms with E-state index in [1.807, 2.05) is 13.8 Å². The van der Waals surface area contributed by atoms with Crippen LogP contribution in [0.1, 0.15) is 26.7 Å². The first kappa shape index (κ1) is 8.82. The molecule has 0 aliphatic heterocycles. The maximum absolute atomic E-state index is 11.7. The lowest BCUT2D eigenvalue weighted by Gasteiger charge is -2.31. The number of nitrogens with two attached hydrogens (primary N) is 1. The van der Waals surface area contributed by atoms with E-state index in [9.17, 15) is 8.78 Å². The summed E-state index contributed by atoms with van der Waals surface area (Å²) in [6, 6.07) is -0.241. The van der Waals surface area contributed by atoms with Gasteiger partial charge < -0.3 is 5.73 Å². The molecule has 0 aromatic rings. The van der Waals surface area contributed by atoms with Gasteiger partial charge in [0.25, 0.3) is 5.92 Å². The normalized spacial score (nSPS) is 23.7. The zero-order chi connectivity index (χ0) is 7.49. The van der Waals surface area contributed by atoms with Crippen molar-refractivity contribution in [1.29, 1.82) is 0 Å². The average Bonchev–Trinajstić information content (AvgIpc) is 1.67. The van der Waals surface area contributed by atoms with Crippen molar-refractivity contribution in [3.05, 3.63) is 0 Å². The second kappa shape index (κ2) is 3.11. The molecule has 0 amide bonds. The average molecular weight is 137 g/mol. The molecule has 1 nitrogen and oxygen atoms in total. The smallest absolute Gasteiger partial charge is 0.251 e. The third kappa shape index (κ3) is 2.75. The number of rotatable bonds is 0. The van der Waals surface area contributed by atoms with Crippen molar-refractivity contribution in [2.75, 3.05) is 0 Å². The molecule has 1 aliphatic rings. The fourth-order valence-corrected chi connectivity index (χ4v) is 0.707. The molecule has 0 aromatic heterocycles. The second-order valence-electron chi connectivity index (χ2n) is 2.02. The van der Waals surface area contributed by atoms with Crippen LogP contribution in [0.15, 0.2) is 0 Å². The third-order valence-corrected chi connectivity index (χ3v) is 1.12. The first-order valence-corrected chi connectivity index (χ1v) is 3.23. The lowest BCUT2D eigenvalue weighted by atomic mass is 9.89. The number of halogens is 2. The van der Waals surface area contributed by atoms with Gasteiger partial charge in [0, 0.05) is 18.9 Å². The van der Waals surface area contributed by atoms with Gasteiger partial charge in [-0.25, -0.2) is 8.78 Å². The summed E-state index contributed by atoms with van der Waals surface area (Å²) in [6.45, 7) is 4.00. The van der Waals surface area contributed by atoms with Crippen molar-refractivity contribution < 1.29 is 8.78 Å². The SMILES string of the molecule is CC.NC1CC(F)(F)C1. The van der Waals surface area contributed by atoms with Crippen molar-refractivity contribution in [3.63, 3.8) is 0 Å². The Morgan fingerprint density at radius 1 is 1.33 bits per heavy atom. The number of hydrogen-bond donors (Lipinski definition) is 1. The highest BCUT2D eigenvalue weighted by Gasteiger charge is 2.43. The van der Waals surface area contributed by atoms with Crippen molar-refractivity contribution in [1.82, 2.24) is 0 Å². The van der Waals surface area contributed by atoms with E-state index in [4.69, 9.17) is 5.73 Å². The predicted molar refractivity (Wildman–Crippen MR) is 33.5 cm³/mol. The fraction of sp³-hybridized carbons (Fsp3) is 1.00. The number of alkyl halides is 2. The summed E-state index contributed by atoms with van der Waals surface area (Å²) in [5, 5.41) is 0. The second-order valence-corrected chi connectivity index (χ2v) is 2.02. The van der Waals surface area contributed by atoms with Gasteiger partial charge in [-0.15, -0.1) is 0 Å². The van der Waals surface area contributed by atoms with E-state index in [0.717, 1.165) is 0 Å². The van der Waals surface area contributed by atoms with E-state index >= 15 is 0 Å². The van der Waals surface area contributed by atoms with E-state index in [1.54, 1.807) is 0 Å². The van der Waals surface area contributed by atoms with Crippen LogP contribution in [0.5, 0.6) is 0 Å². The topological polar surface area (TPSA) is 26.0 Å². The van der Waals surface area contributed by atoms with E-state index in [-0.39, 0.29) is 18.9 Å². The molecule has 1 saturated carbocycles. The van der Waals surface area contributed by atoms with Crippen molar-refractivity contribution >= 4 is 0 Å². The van der Waals surface area contributed by atoms with Gasteiger partial charge in [-0.3, -0.25) is 0 Å². The Bertz CT molecular complexity index is 75.1. The molecule has 0 radical (unpaired) electrons. The van der Waals surface area contributed by atoms with Gasteiger partial charge in [0.1, 0.15) is 0 Å². The highest BCUT2D eigenvalue weighted by molar-refractivity contribution is 4.88. The highest BCUT2D eigenvalue weighted by Crippen LogP contribution is 2.35. The van der Waals surface area contributed by atoms with Crippen LogP contribution >= 0.6 is 0 Å². The molecule has 9 heavy (non-hydrogen) atoms. The van der Waals surface area contributed by atoms with E-state index < -0.39 is 5.92 Å². The molecule has 0 unspecified atom stereocenters. The standard InChI is InChI=1S/C4H7F2N.C2H6/c5-4(6)1-3(7)2-4;1-2/h3H,1-2,7H2;1-2H3. The molecule has 1 rings (SSSR count). The quantitative estimate of drug-likeness (QED) is 0.541. The zero-order valence-corrected chi connectivity index (χ0v) is 5.82. The van der Waals surface area contributed by atoms with Gasteiger partial charge in [0.05, 0.1) is 0 Å². The lowest BCUT2D eigenvalue weighted by molar-refractivity contribution is -0.0840. The van der Waals surface area contributed by atoms with Crippen molar-refractivity contribution in [2.45, 2.75) is 38.7 Å². The Balaban J connectivity index is 0.000000291. The molecule has 0 spiro atoms. The van der Waals surface area contributed by atoms with E-state index in [2.05, 4.69) is 0 Å². The molecule has 0 saturated heterocycles. The first-order chi connectivity index (χ1) is 4.10. The Morgan fingerprint density at radius 3 is 1.67 bits per heavy atom. The summed E-state index contributed by atoms with van der Waals surface area (Å²) in [6.07, 6.45) is -0.236. The molecule has 0 atom stereocenters. The van der Waals surface area contributed by atoms with Crippen LogP contribution in [-0.4, -0.2) is 12.0 Å². The van der Waals surface area contributed by atoms with Crippen molar-refractivity contribution in [3.8, 4) is 0 Å². The first-order valence-electron chi connectivity index (χ1n) is 3.23. The van der Waals surface area contributed by atoms with Crippen LogP contribution in [0.25, 0.3) is 0 Å². The van der Waals surface area contributed by atoms with Crippen LogP contribution in [0.3, 0.4) is 0 Å². The number of hydrogen-bond acceptors (Lipinski definition) is 1. The minimum atomic E-state index is -2.43. The lowest BCUT2D eigenvalue weighted by Crippen LogP contribution is -2.45. The van der Waals surface area contributed by atoms with Gasteiger partial charge in [-0.05, 0) is 0 Å². The highest BCUT2D eigenvalue weighted by atomic mass is 19.3. The molecule has 2 N–H and O–H groups in total. The Hall–Kier alpha value is -0.180. The maximum atomic E-state index is 11.7. The molecule has 3 heteroatoms. The van der Waals surface area contributed by atoms with E-state index in [1.165, 1.54) is 0 Å². The van der Waals surface area contributed by atoms with Gasteiger partial charge in [-0.1, -0.05) is 13.8 Å². The fourth-order valence-electron chi connectivity index (χ4n) is 0.707. The van der Waals surface area contributed by atoms with E-state index in [0.29, 0.717) is 0 Å². The van der Waals surface area contributed by atoms with Crippen LogP contribution < -0.4 is 5.73 Å². The Kier molecular flexibility index (Phi) is 3.04. The predicted octanol–water partition coefficient (Wildman–Crippen LogP) is 1.77. The monoisotopic (exact) mass is 137 g/mol. The molecule has 1 aliphatic carbocycles. The molecule has 56 valence electrons. The molecule has 0 aromatic carbocycles. The van der Waals surface area contributed by atoms with Crippen molar-refractivity contribution in [2.24, 2.45) is 5.73 Å².